The third-order valence-corrected chi connectivity index (χ3v) is 2.40. The summed E-state index contributed by atoms with van der Waals surface area (Å²) in [5, 5.41) is 4.53. The Hall–Kier alpha value is -0.790. The van der Waals surface area contributed by atoms with Crippen molar-refractivity contribution in [3.63, 3.8) is 0 Å². The third kappa shape index (κ3) is 1.38. The van der Waals surface area contributed by atoms with Crippen molar-refractivity contribution in [2.45, 2.75) is 47.1 Å². The molecule has 0 N–H and O–H groups in total. The van der Waals surface area contributed by atoms with Gasteiger partial charge >= 0.3 is 0 Å². The molecule has 0 bridgehead atoms. The molecule has 0 fully saturated rings. The number of hydrogen-bond acceptors (Lipinski definition) is 1. The second-order valence-electron chi connectivity index (χ2n) is 3.03. The summed E-state index contributed by atoms with van der Waals surface area (Å²) >= 11 is 0. The highest BCUT2D eigenvalue weighted by Gasteiger charge is 2.09. The lowest BCUT2D eigenvalue weighted by Crippen LogP contribution is -1.99. The van der Waals surface area contributed by atoms with Gasteiger partial charge in [0.2, 0.25) is 0 Å². The first-order chi connectivity index (χ1) is 5.74. The Kier molecular flexibility index (Phi) is 2.90. The first-order valence-corrected chi connectivity index (χ1v) is 4.79. The summed E-state index contributed by atoms with van der Waals surface area (Å²) < 4.78 is 2.09. The summed E-state index contributed by atoms with van der Waals surface area (Å²) in [5.74, 6) is 0. The minimum Gasteiger partial charge on any atom is -0.270 e. The smallest absolute Gasteiger partial charge is 0.0656 e. The summed E-state index contributed by atoms with van der Waals surface area (Å²) in [4.78, 5) is 0. The van der Waals surface area contributed by atoms with Crippen LogP contribution in [-0.2, 0) is 19.4 Å². The monoisotopic (exact) mass is 166 g/mol. The van der Waals surface area contributed by atoms with E-state index in [-0.39, 0.29) is 0 Å². The van der Waals surface area contributed by atoms with E-state index in [0.29, 0.717) is 0 Å². The highest BCUT2D eigenvalue weighted by atomic mass is 15.3. The Bertz CT molecular complexity index is 261. The van der Waals surface area contributed by atoms with Crippen molar-refractivity contribution in [1.82, 2.24) is 9.78 Å². The molecule has 0 atom stereocenters. The van der Waals surface area contributed by atoms with Gasteiger partial charge in [0.05, 0.1) is 5.69 Å². The summed E-state index contributed by atoms with van der Waals surface area (Å²) in [6, 6.07) is 0. The van der Waals surface area contributed by atoms with Crippen LogP contribution in [0.2, 0.25) is 0 Å². The number of aromatic nitrogens is 2. The van der Waals surface area contributed by atoms with Crippen LogP contribution < -0.4 is 0 Å². The molecular formula is C10H18N2. The van der Waals surface area contributed by atoms with Gasteiger partial charge in [0.15, 0.2) is 0 Å². The molecule has 0 aromatic carbocycles. The molecule has 2 nitrogen and oxygen atoms in total. The van der Waals surface area contributed by atoms with Gasteiger partial charge in [0.1, 0.15) is 0 Å². The Labute approximate surface area is 74.6 Å². The molecule has 68 valence electrons. The van der Waals surface area contributed by atoms with Crippen LogP contribution in [0.15, 0.2) is 0 Å². The molecule has 0 aliphatic heterocycles. The molecule has 1 aromatic heterocycles. The fourth-order valence-electron chi connectivity index (χ4n) is 1.70. The lowest BCUT2D eigenvalue weighted by Gasteiger charge is -1.98. The van der Waals surface area contributed by atoms with Gasteiger partial charge in [-0.25, -0.2) is 0 Å². The van der Waals surface area contributed by atoms with E-state index in [4.69, 9.17) is 0 Å². The molecule has 0 saturated carbocycles. The molecule has 1 heterocycles. The maximum absolute atomic E-state index is 4.53. The molecule has 0 aliphatic rings. The van der Waals surface area contributed by atoms with Gasteiger partial charge in [-0.15, -0.1) is 0 Å². The summed E-state index contributed by atoms with van der Waals surface area (Å²) in [5.41, 5.74) is 4.06. The standard InChI is InChI=1S/C10H18N2/c1-5-9-8(4)12(7-3)11-10(9)6-2/h5-7H2,1-4H3. The van der Waals surface area contributed by atoms with E-state index in [2.05, 4.69) is 37.5 Å². The zero-order valence-electron chi connectivity index (χ0n) is 8.52. The Morgan fingerprint density at radius 3 is 2.17 bits per heavy atom. The second kappa shape index (κ2) is 3.74. The zero-order valence-corrected chi connectivity index (χ0v) is 8.52. The summed E-state index contributed by atoms with van der Waals surface area (Å²) in [6.45, 7) is 9.65. The van der Waals surface area contributed by atoms with E-state index >= 15 is 0 Å². The van der Waals surface area contributed by atoms with Crippen molar-refractivity contribution in [1.29, 1.82) is 0 Å². The maximum Gasteiger partial charge on any atom is 0.0656 e. The van der Waals surface area contributed by atoms with Gasteiger partial charge < -0.3 is 0 Å². The lowest BCUT2D eigenvalue weighted by atomic mass is 10.1. The quantitative estimate of drug-likeness (QED) is 0.674. The predicted octanol–water partition coefficient (Wildman–Crippen LogP) is 2.34. The number of hydrogen-bond donors (Lipinski definition) is 0. The minimum absolute atomic E-state index is 0.985. The van der Waals surface area contributed by atoms with Gasteiger partial charge in [0.25, 0.3) is 0 Å². The fourth-order valence-corrected chi connectivity index (χ4v) is 1.70. The van der Waals surface area contributed by atoms with Gasteiger partial charge in [0, 0.05) is 12.2 Å². The van der Waals surface area contributed by atoms with E-state index < -0.39 is 0 Å². The van der Waals surface area contributed by atoms with E-state index in [9.17, 15) is 0 Å². The maximum atomic E-state index is 4.53. The first-order valence-electron chi connectivity index (χ1n) is 4.79. The van der Waals surface area contributed by atoms with Crippen molar-refractivity contribution in [3.8, 4) is 0 Å². The molecule has 0 amide bonds. The zero-order chi connectivity index (χ0) is 9.14. The van der Waals surface area contributed by atoms with Crippen molar-refractivity contribution < 1.29 is 0 Å². The highest BCUT2D eigenvalue weighted by molar-refractivity contribution is 5.25. The van der Waals surface area contributed by atoms with E-state index in [0.717, 1.165) is 19.4 Å². The van der Waals surface area contributed by atoms with Gasteiger partial charge in [-0.1, -0.05) is 13.8 Å². The highest BCUT2D eigenvalue weighted by Crippen LogP contribution is 2.14. The van der Waals surface area contributed by atoms with Crippen LogP contribution in [0.4, 0.5) is 0 Å². The van der Waals surface area contributed by atoms with Gasteiger partial charge in [-0.2, -0.15) is 5.10 Å². The van der Waals surface area contributed by atoms with Crippen molar-refractivity contribution in [2.24, 2.45) is 0 Å². The van der Waals surface area contributed by atoms with Crippen LogP contribution in [0.5, 0.6) is 0 Å². The number of rotatable bonds is 3. The van der Waals surface area contributed by atoms with Crippen molar-refractivity contribution >= 4 is 0 Å². The molecule has 2 heteroatoms. The Morgan fingerprint density at radius 1 is 1.17 bits per heavy atom. The fraction of sp³-hybridized carbons (Fsp3) is 0.700. The van der Waals surface area contributed by atoms with E-state index in [1.54, 1.807) is 0 Å². The number of aryl methyl sites for hydroxylation is 2. The largest absolute Gasteiger partial charge is 0.270 e. The SMILES string of the molecule is CCc1nn(CC)c(C)c1CC. The van der Waals surface area contributed by atoms with Crippen molar-refractivity contribution in [3.05, 3.63) is 17.0 Å². The van der Waals surface area contributed by atoms with E-state index in [1.165, 1.54) is 17.0 Å². The molecular weight excluding hydrogens is 148 g/mol. The molecule has 0 aliphatic carbocycles. The average Bonchev–Trinajstić information content (AvgIpc) is 2.41. The van der Waals surface area contributed by atoms with E-state index in [1.807, 2.05) is 0 Å². The first kappa shape index (κ1) is 9.30. The molecule has 0 radical (unpaired) electrons. The van der Waals surface area contributed by atoms with Gasteiger partial charge in [-0.05, 0) is 32.3 Å². The number of nitrogens with zero attached hydrogens (tertiary/aromatic N) is 2. The van der Waals surface area contributed by atoms with Crippen LogP contribution in [-0.4, -0.2) is 9.78 Å². The van der Waals surface area contributed by atoms with Crippen LogP contribution in [0, 0.1) is 6.92 Å². The van der Waals surface area contributed by atoms with Crippen LogP contribution in [0.3, 0.4) is 0 Å². The van der Waals surface area contributed by atoms with Crippen LogP contribution >= 0.6 is 0 Å². The average molecular weight is 166 g/mol. The lowest BCUT2D eigenvalue weighted by molar-refractivity contribution is 0.630. The molecule has 0 spiro atoms. The molecule has 12 heavy (non-hydrogen) atoms. The molecule has 0 unspecified atom stereocenters. The normalized spacial score (nSPS) is 10.7. The molecule has 1 aromatic rings. The van der Waals surface area contributed by atoms with Crippen molar-refractivity contribution in [2.75, 3.05) is 0 Å². The predicted molar refractivity (Wildman–Crippen MR) is 51.4 cm³/mol. The van der Waals surface area contributed by atoms with Crippen LogP contribution in [0.1, 0.15) is 37.7 Å². The molecule has 0 saturated heterocycles. The topological polar surface area (TPSA) is 17.8 Å². The third-order valence-electron chi connectivity index (χ3n) is 2.40. The summed E-state index contributed by atoms with van der Waals surface area (Å²) in [6.07, 6.45) is 2.16. The Morgan fingerprint density at radius 2 is 1.83 bits per heavy atom. The van der Waals surface area contributed by atoms with Gasteiger partial charge in [-0.3, -0.25) is 4.68 Å². The summed E-state index contributed by atoms with van der Waals surface area (Å²) in [7, 11) is 0. The minimum atomic E-state index is 0.985. The van der Waals surface area contributed by atoms with Crippen LogP contribution in [0.25, 0.3) is 0 Å². The second-order valence-corrected chi connectivity index (χ2v) is 3.03. The Balaban J connectivity index is 3.13. The molecule has 1 rings (SSSR count).